The van der Waals surface area contributed by atoms with E-state index >= 15 is 0 Å². The van der Waals surface area contributed by atoms with Crippen LogP contribution in [0, 0.1) is 0 Å². The van der Waals surface area contributed by atoms with E-state index in [4.69, 9.17) is 9.84 Å². The second kappa shape index (κ2) is 6.51. The lowest BCUT2D eigenvalue weighted by Gasteiger charge is -2.07. The van der Waals surface area contributed by atoms with Gasteiger partial charge in [0.25, 0.3) is 5.91 Å². The lowest BCUT2D eigenvalue weighted by Crippen LogP contribution is -2.12. The van der Waals surface area contributed by atoms with Crippen molar-refractivity contribution in [3.8, 4) is 5.88 Å². The molecule has 6 nitrogen and oxygen atoms in total. The first kappa shape index (κ1) is 14.5. The number of aromatic nitrogens is 1. The zero-order valence-corrected chi connectivity index (χ0v) is 11.4. The molecule has 2 aromatic rings. The second-order valence-electron chi connectivity index (χ2n) is 4.31. The maximum Gasteiger partial charge on any atom is 0.307 e. The van der Waals surface area contributed by atoms with Crippen molar-refractivity contribution in [2.45, 2.75) is 6.42 Å². The van der Waals surface area contributed by atoms with Gasteiger partial charge in [0.2, 0.25) is 5.88 Å². The highest BCUT2D eigenvalue weighted by atomic mass is 16.5. The molecule has 0 spiro atoms. The molecule has 0 aliphatic heterocycles. The number of amides is 1. The van der Waals surface area contributed by atoms with E-state index in [-0.39, 0.29) is 12.3 Å². The molecular formula is C15H14N2O4. The predicted molar refractivity (Wildman–Crippen MR) is 76.5 cm³/mol. The largest absolute Gasteiger partial charge is 0.481 e. The fraction of sp³-hybridized carbons (Fsp3) is 0.133. The number of carboxylic acid groups (broad SMARTS) is 1. The highest BCUT2D eigenvalue weighted by Crippen LogP contribution is 2.13. The van der Waals surface area contributed by atoms with Crippen molar-refractivity contribution >= 4 is 17.6 Å². The summed E-state index contributed by atoms with van der Waals surface area (Å²) < 4.78 is 4.92. The fourth-order valence-corrected chi connectivity index (χ4v) is 1.77. The van der Waals surface area contributed by atoms with Crippen molar-refractivity contribution in [2.24, 2.45) is 0 Å². The summed E-state index contributed by atoms with van der Waals surface area (Å²) in [6, 6.07) is 9.90. The van der Waals surface area contributed by atoms with E-state index in [1.807, 2.05) is 0 Å². The van der Waals surface area contributed by atoms with Crippen LogP contribution in [0.1, 0.15) is 15.9 Å². The number of hydrogen-bond donors (Lipinski definition) is 2. The normalized spacial score (nSPS) is 9.95. The topological polar surface area (TPSA) is 88.5 Å². The van der Waals surface area contributed by atoms with Crippen molar-refractivity contribution in [3.05, 3.63) is 53.7 Å². The molecule has 0 bridgehead atoms. The molecule has 0 saturated carbocycles. The smallest absolute Gasteiger partial charge is 0.307 e. The minimum atomic E-state index is -0.919. The molecule has 0 atom stereocenters. The fourth-order valence-electron chi connectivity index (χ4n) is 1.77. The van der Waals surface area contributed by atoms with Crippen LogP contribution < -0.4 is 10.1 Å². The van der Waals surface area contributed by atoms with Crippen molar-refractivity contribution < 1.29 is 19.4 Å². The Morgan fingerprint density at radius 2 is 2.10 bits per heavy atom. The Kier molecular flexibility index (Phi) is 4.50. The molecule has 0 aliphatic rings. The Morgan fingerprint density at radius 3 is 2.71 bits per heavy atom. The average molecular weight is 286 g/mol. The maximum absolute atomic E-state index is 12.0. The Bertz CT molecular complexity index is 653. The predicted octanol–water partition coefficient (Wildman–Crippen LogP) is 1.97. The van der Waals surface area contributed by atoms with E-state index < -0.39 is 5.97 Å². The number of carboxylic acids is 1. The molecule has 0 radical (unpaired) electrons. The number of rotatable bonds is 5. The van der Waals surface area contributed by atoms with E-state index in [2.05, 4.69) is 10.3 Å². The van der Waals surface area contributed by atoms with Gasteiger partial charge in [0, 0.05) is 18.0 Å². The van der Waals surface area contributed by atoms with Crippen LogP contribution in [0.25, 0.3) is 0 Å². The van der Waals surface area contributed by atoms with Gasteiger partial charge < -0.3 is 15.2 Å². The van der Waals surface area contributed by atoms with Gasteiger partial charge in [0.15, 0.2) is 0 Å². The van der Waals surface area contributed by atoms with Gasteiger partial charge >= 0.3 is 5.97 Å². The highest BCUT2D eigenvalue weighted by molar-refractivity contribution is 6.04. The molecule has 0 saturated heterocycles. The summed E-state index contributed by atoms with van der Waals surface area (Å²) in [5, 5.41) is 11.5. The van der Waals surface area contributed by atoms with Gasteiger partial charge in [-0.1, -0.05) is 12.1 Å². The second-order valence-corrected chi connectivity index (χ2v) is 4.31. The summed E-state index contributed by atoms with van der Waals surface area (Å²) >= 11 is 0. The molecule has 21 heavy (non-hydrogen) atoms. The monoisotopic (exact) mass is 286 g/mol. The standard InChI is InChI=1S/C15H14N2O4/c1-21-13-6-5-11(9-16-13)15(20)17-12-4-2-3-10(7-12)8-14(18)19/h2-7,9H,8H2,1H3,(H,17,20)(H,18,19). The van der Waals surface area contributed by atoms with Crippen molar-refractivity contribution in [2.75, 3.05) is 12.4 Å². The lowest BCUT2D eigenvalue weighted by molar-refractivity contribution is -0.136. The van der Waals surface area contributed by atoms with Gasteiger partial charge in [0.1, 0.15) is 0 Å². The van der Waals surface area contributed by atoms with Gasteiger partial charge in [-0.3, -0.25) is 9.59 Å². The van der Waals surface area contributed by atoms with Crippen LogP contribution in [-0.2, 0) is 11.2 Å². The molecule has 2 N–H and O–H groups in total. The van der Waals surface area contributed by atoms with Crippen LogP contribution in [0.2, 0.25) is 0 Å². The Balaban J connectivity index is 2.09. The quantitative estimate of drug-likeness (QED) is 0.877. The van der Waals surface area contributed by atoms with Gasteiger partial charge in [0.05, 0.1) is 19.1 Å². The number of hydrogen-bond acceptors (Lipinski definition) is 4. The highest BCUT2D eigenvalue weighted by Gasteiger charge is 2.08. The Morgan fingerprint density at radius 1 is 1.29 bits per heavy atom. The number of pyridine rings is 1. The first-order valence-electron chi connectivity index (χ1n) is 6.20. The third-order valence-corrected chi connectivity index (χ3v) is 2.75. The number of nitrogens with one attached hydrogen (secondary N) is 1. The molecule has 0 aliphatic carbocycles. The van der Waals surface area contributed by atoms with Crippen LogP contribution in [-0.4, -0.2) is 29.1 Å². The number of carbonyl (C=O) groups is 2. The van der Waals surface area contributed by atoms with Gasteiger partial charge in [-0.25, -0.2) is 4.98 Å². The van der Waals surface area contributed by atoms with E-state index in [1.54, 1.807) is 36.4 Å². The number of methoxy groups -OCH3 is 1. The summed E-state index contributed by atoms with van der Waals surface area (Å²) in [5.41, 5.74) is 1.54. The summed E-state index contributed by atoms with van der Waals surface area (Å²) in [6.45, 7) is 0. The first-order chi connectivity index (χ1) is 10.1. The first-order valence-corrected chi connectivity index (χ1v) is 6.20. The van der Waals surface area contributed by atoms with Crippen LogP contribution in [0.5, 0.6) is 5.88 Å². The molecule has 2 rings (SSSR count). The van der Waals surface area contributed by atoms with E-state index in [0.717, 1.165) is 0 Å². The molecular weight excluding hydrogens is 272 g/mol. The number of benzene rings is 1. The van der Waals surface area contributed by atoms with Gasteiger partial charge in [-0.05, 0) is 23.8 Å². The summed E-state index contributed by atoms with van der Waals surface area (Å²) in [4.78, 5) is 26.7. The summed E-state index contributed by atoms with van der Waals surface area (Å²) in [7, 11) is 1.50. The van der Waals surface area contributed by atoms with Crippen LogP contribution in [0.15, 0.2) is 42.6 Å². The lowest BCUT2D eigenvalue weighted by atomic mass is 10.1. The zero-order chi connectivity index (χ0) is 15.2. The minimum Gasteiger partial charge on any atom is -0.481 e. The third-order valence-electron chi connectivity index (χ3n) is 2.75. The van der Waals surface area contributed by atoms with E-state index in [0.29, 0.717) is 22.7 Å². The summed E-state index contributed by atoms with van der Waals surface area (Å²) in [5.74, 6) is -0.814. The van der Waals surface area contributed by atoms with E-state index in [9.17, 15) is 9.59 Å². The molecule has 1 aromatic heterocycles. The van der Waals surface area contributed by atoms with E-state index in [1.165, 1.54) is 13.3 Å². The average Bonchev–Trinajstić information content (AvgIpc) is 2.47. The molecule has 0 fully saturated rings. The molecule has 108 valence electrons. The van der Waals surface area contributed by atoms with Crippen molar-refractivity contribution in [1.82, 2.24) is 4.98 Å². The molecule has 6 heteroatoms. The third kappa shape index (κ3) is 4.04. The van der Waals surface area contributed by atoms with Gasteiger partial charge in [-0.2, -0.15) is 0 Å². The number of carbonyl (C=O) groups excluding carboxylic acids is 1. The van der Waals surface area contributed by atoms with Crippen LogP contribution in [0.3, 0.4) is 0 Å². The van der Waals surface area contributed by atoms with Crippen LogP contribution >= 0.6 is 0 Å². The Hall–Kier alpha value is -2.89. The number of aliphatic carboxylic acids is 1. The number of ether oxygens (including phenoxy) is 1. The molecule has 1 aromatic carbocycles. The van der Waals surface area contributed by atoms with Crippen molar-refractivity contribution in [3.63, 3.8) is 0 Å². The maximum atomic E-state index is 12.0. The number of anilines is 1. The molecule has 1 heterocycles. The zero-order valence-electron chi connectivity index (χ0n) is 11.4. The molecule has 1 amide bonds. The Labute approximate surface area is 121 Å². The van der Waals surface area contributed by atoms with Crippen LogP contribution in [0.4, 0.5) is 5.69 Å². The summed E-state index contributed by atoms with van der Waals surface area (Å²) in [6.07, 6.45) is 1.32. The van der Waals surface area contributed by atoms with Crippen molar-refractivity contribution in [1.29, 1.82) is 0 Å². The number of nitrogens with zero attached hydrogens (tertiary/aromatic N) is 1. The minimum absolute atomic E-state index is 0.0895. The van der Waals surface area contributed by atoms with Gasteiger partial charge in [-0.15, -0.1) is 0 Å². The molecule has 0 unspecified atom stereocenters. The SMILES string of the molecule is COc1ccc(C(=O)Nc2cccc(CC(=O)O)c2)cn1.